The van der Waals surface area contributed by atoms with E-state index in [9.17, 15) is 0 Å². The molecule has 0 unspecified atom stereocenters. The lowest BCUT2D eigenvalue weighted by Crippen LogP contribution is -2.49. The van der Waals surface area contributed by atoms with Crippen LogP contribution in [-0.4, -0.2) is 35.6 Å². The predicted molar refractivity (Wildman–Crippen MR) is 98.0 cm³/mol. The number of ether oxygens (including phenoxy) is 1. The van der Waals surface area contributed by atoms with Crippen LogP contribution in [0.5, 0.6) is 11.5 Å². The second-order valence-corrected chi connectivity index (χ2v) is 5.42. The predicted octanol–water partition coefficient (Wildman–Crippen LogP) is 3.51. The molecule has 1 atom stereocenters. The molecule has 1 saturated heterocycles. The SMILES string of the molecule is C[C@H]1CNCCN1Cc1ccccc1Oc1cccnc1.Cl.Cl. The van der Waals surface area contributed by atoms with E-state index >= 15 is 0 Å². The average Bonchev–Trinajstić information content (AvgIpc) is 2.52. The van der Waals surface area contributed by atoms with E-state index in [0.717, 1.165) is 37.7 Å². The number of hydrogen-bond acceptors (Lipinski definition) is 4. The number of nitrogens with one attached hydrogen (secondary N) is 1. The smallest absolute Gasteiger partial charge is 0.145 e. The van der Waals surface area contributed by atoms with Crippen molar-refractivity contribution >= 4 is 24.8 Å². The molecule has 23 heavy (non-hydrogen) atoms. The van der Waals surface area contributed by atoms with Gasteiger partial charge in [-0.3, -0.25) is 9.88 Å². The quantitative estimate of drug-likeness (QED) is 0.910. The molecule has 0 radical (unpaired) electrons. The molecule has 1 fully saturated rings. The van der Waals surface area contributed by atoms with Crippen LogP contribution in [0.15, 0.2) is 48.8 Å². The zero-order valence-electron chi connectivity index (χ0n) is 13.1. The molecule has 1 aromatic heterocycles. The van der Waals surface area contributed by atoms with Crippen molar-refractivity contribution in [1.82, 2.24) is 15.2 Å². The van der Waals surface area contributed by atoms with Crippen molar-refractivity contribution in [2.24, 2.45) is 0 Å². The van der Waals surface area contributed by atoms with Gasteiger partial charge in [-0.15, -0.1) is 24.8 Å². The van der Waals surface area contributed by atoms with E-state index in [1.54, 1.807) is 12.4 Å². The van der Waals surface area contributed by atoms with E-state index in [4.69, 9.17) is 4.74 Å². The summed E-state index contributed by atoms with van der Waals surface area (Å²) in [5.74, 6) is 1.69. The Balaban J connectivity index is 0.00000132. The lowest BCUT2D eigenvalue weighted by atomic mass is 10.1. The monoisotopic (exact) mass is 355 g/mol. The minimum absolute atomic E-state index is 0. The van der Waals surface area contributed by atoms with Crippen LogP contribution in [0.2, 0.25) is 0 Å². The Labute approximate surface area is 150 Å². The molecule has 1 aliphatic rings. The molecular formula is C17H23Cl2N3O. The van der Waals surface area contributed by atoms with Crippen molar-refractivity contribution in [3.63, 3.8) is 0 Å². The topological polar surface area (TPSA) is 37.4 Å². The molecule has 0 saturated carbocycles. The summed E-state index contributed by atoms with van der Waals surface area (Å²) in [4.78, 5) is 6.58. The Morgan fingerprint density at radius 2 is 2.04 bits per heavy atom. The number of pyridine rings is 1. The molecule has 4 nitrogen and oxygen atoms in total. The summed E-state index contributed by atoms with van der Waals surface area (Å²) in [6.07, 6.45) is 3.49. The maximum atomic E-state index is 5.98. The second kappa shape index (κ2) is 9.73. The van der Waals surface area contributed by atoms with Crippen LogP contribution >= 0.6 is 24.8 Å². The van der Waals surface area contributed by atoms with Gasteiger partial charge in [0.25, 0.3) is 0 Å². The van der Waals surface area contributed by atoms with Crippen LogP contribution in [-0.2, 0) is 6.54 Å². The van der Waals surface area contributed by atoms with Crippen molar-refractivity contribution in [1.29, 1.82) is 0 Å². The third kappa shape index (κ3) is 5.36. The van der Waals surface area contributed by atoms with E-state index in [1.165, 1.54) is 5.56 Å². The van der Waals surface area contributed by atoms with Gasteiger partial charge >= 0.3 is 0 Å². The third-order valence-electron chi connectivity index (χ3n) is 3.85. The fourth-order valence-corrected chi connectivity index (χ4v) is 2.61. The van der Waals surface area contributed by atoms with Gasteiger partial charge in [-0.2, -0.15) is 0 Å². The highest BCUT2D eigenvalue weighted by Gasteiger charge is 2.19. The molecular weight excluding hydrogens is 333 g/mol. The van der Waals surface area contributed by atoms with Gasteiger partial charge in [0.05, 0.1) is 6.20 Å². The Kier molecular flexibility index (Phi) is 8.34. The van der Waals surface area contributed by atoms with Gasteiger partial charge in [-0.05, 0) is 25.1 Å². The third-order valence-corrected chi connectivity index (χ3v) is 3.85. The van der Waals surface area contributed by atoms with Gasteiger partial charge in [0.15, 0.2) is 0 Å². The Morgan fingerprint density at radius 3 is 2.78 bits per heavy atom. The minimum Gasteiger partial charge on any atom is -0.455 e. The standard InChI is InChI=1S/C17H21N3O.2ClH/c1-14-11-19-9-10-20(14)13-15-5-2-3-7-17(15)21-16-6-4-8-18-12-16;;/h2-8,12,14,19H,9-11,13H2,1H3;2*1H/t14-;;/m0../s1. The summed E-state index contributed by atoms with van der Waals surface area (Å²) < 4.78 is 5.98. The summed E-state index contributed by atoms with van der Waals surface area (Å²) in [6.45, 7) is 6.35. The molecule has 2 aromatic rings. The molecule has 3 rings (SSSR count). The number of para-hydroxylation sites is 1. The largest absolute Gasteiger partial charge is 0.455 e. The summed E-state index contributed by atoms with van der Waals surface area (Å²) in [7, 11) is 0. The van der Waals surface area contributed by atoms with Gasteiger partial charge in [0.1, 0.15) is 11.5 Å². The van der Waals surface area contributed by atoms with Crippen LogP contribution < -0.4 is 10.1 Å². The maximum absolute atomic E-state index is 5.98. The molecule has 1 aromatic carbocycles. The first-order chi connectivity index (χ1) is 10.3. The van der Waals surface area contributed by atoms with Crippen molar-refractivity contribution in [3.05, 3.63) is 54.4 Å². The normalized spacial score (nSPS) is 17.7. The van der Waals surface area contributed by atoms with Crippen LogP contribution in [0, 0.1) is 0 Å². The molecule has 6 heteroatoms. The minimum atomic E-state index is 0. The van der Waals surface area contributed by atoms with Crippen LogP contribution in [0.1, 0.15) is 12.5 Å². The van der Waals surface area contributed by atoms with Gasteiger partial charge in [0, 0.05) is 44.0 Å². The number of nitrogens with zero attached hydrogens (tertiary/aromatic N) is 2. The maximum Gasteiger partial charge on any atom is 0.145 e. The molecule has 0 spiro atoms. The van der Waals surface area contributed by atoms with Crippen LogP contribution in [0.3, 0.4) is 0 Å². The number of hydrogen-bond donors (Lipinski definition) is 1. The van der Waals surface area contributed by atoms with E-state index in [0.29, 0.717) is 6.04 Å². The summed E-state index contributed by atoms with van der Waals surface area (Å²) in [6, 6.07) is 12.6. The number of piperazine rings is 1. The zero-order chi connectivity index (χ0) is 14.5. The summed E-state index contributed by atoms with van der Waals surface area (Å²) in [5.41, 5.74) is 1.22. The highest BCUT2D eigenvalue weighted by atomic mass is 35.5. The van der Waals surface area contributed by atoms with E-state index < -0.39 is 0 Å². The zero-order valence-corrected chi connectivity index (χ0v) is 14.8. The van der Waals surface area contributed by atoms with Gasteiger partial charge in [0.2, 0.25) is 0 Å². The Bertz CT molecular complexity index is 583. The Hall–Kier alpha value is -1.33. The number of aromatic nitrogens is 1. The van der Waals surface area contributed by atoms with E-state index in [1.807, 2.05) is 24.3 Å². The van der Waals surface area contributed by atoms with Crippen molar-refractivity contribution in [2.45, 2.75) is 19.5 Å². The van der Waals surface area contributed by atoms with Crippen LogP contribution in [0.25, 0.3) is 0 Å². The number of halogens is 2. The summed E-state index contributed by atoms with van der Waals surface area (Å²) in [5, 5.41) is 3.42. The van der Waals surface area contributed by atoms with Crippen molar-refractivity contribution < 1.29 is 4.74 Å². The highest BCUT2D eigenvalue weighted by Crippen LogP contribution is 2.26. The molecule has 0 amide bonds. The molecule has 1 aliphatic heterocycles. The average molecular weight is 356 g/mol. The van der Waals surface area contributed by atoms with Gasteiger partial charge < -0.3 is 10.1 Å². The van der Waals surface area contributed by atoms with Gasteiger partial charge in [-0.25, -0.2) is 0 Å². The summed E-state index contributed by atoms with van der Waals surface area (Å²) >= 11 is 0. The van der Waals surface area contributed by atoms with Crippen molar-refractivity contribution in [3.8, 4) is 11.5 Å². The Morgan fingerprint density at radius 1 is 1.22 bits per heavy atom. The van der Waals surface area contributed by atoms with Gasteiger partial charge in [-0.1, -0.05) is 18.2 Å². The fraction of sp³-hybridized carbons (Fsp3) is 0.353. The lowest BCUT2D eigenvalue weighted by Gasteiger charge is -2.34. The number of rotatable bonds is 4. The first-order valence-corrected chi connectivity index (χ1v) is 7.43. The number of benzene rings is 1. The first kappa shape index (κ1) is 19.7. The second-order valence-electron chi connectivity index (χ2n) is 5.42. The van der Waals surface area contributed by atoms with Crippen molar-refractivity contribution in [2.75, 3.05) is 19.6 Å². The fourth-order valence-electron chi connectivity index (χ4n) is 2.61. The highest BCUT2D eigenvalue weighted by molar-refractivity contribution is 5.85. The van der Waals surface area contributed by atoms with E-state index in [2.05, 4.69) is 34.3 Å². The molecule has 0 bridgehead atoms. The molecule has 0 aliphatic carbocycles. The van der Waals surface area contributed by atoms with Crippen LogP contribution in [0.4, 0.5) is 0 Å². The first-order valence-electron chi connectivity index (χ1n) is 7.43. The van der Waals surface area contributed by atoms with E-state index in [-0.39, 0.29) is 24.8 Å². The lowest BCUT2D eigenvalue weighted by molar-refractivity contribution is 0.164. The molecule has 1 N–H and O–H groups in total. The molecule has 126 valence electrons. The molecule has 2 heterocycles.